The largest absolute Gasteiger partial charge is 0.465 e. The van der Waals surface area contributed by atoms with Crippen molar-refractivity contribution in [1.29, 1.82) is 0 Å². The van der Waals surface area contributed by atoms with Crippen LogP contribution in [0, 0.1) is 5.92 Å². The van der Waals surface area contributed by atoms with E-state index in [1.165, 1.54) is 18.4 Å². The maximum absolute atomic E-state index is 12.5. The molecule has 0 bridgehead atoms. The fourth-order valence-corrected chi connectivity index (χ4v) is 5.67. The van der Waals surface area contributed by atoms with Gasteiger partial charge >= 0.3 is 5.97 Å². The standard InChI is InChI=1S/C22H21N3O5S2/c1-11-7-8-14-15(9-11)32-18(17(14)21(29)30-2)24-22(31)23-16(26)10-25-19(27)12-5-3-4-6-13(12)20(25)28/h3-6,11H,7-10H2,1-2H3,(H2,23,24,26,31). The van der Waals surface area contributed by atoms with Gasteiger partial charge in [0.05, 0.1) is 23.8 Å². The summed E-state index contributed by atoms with van der Waals surface area (Å²) < 4.78 is 4.95. The fraction of sp³-hybridized carbons (Fsp3) is 0.318. The molecule has 2 N–H and O–H groups in total. The molecule has 0 spiro atoms. The Labute approximate surface area is 193 Å². The molecule has 32 heavy (non-hydrogen) atoms. The third-order valence-corrected chi connectivity index (χ3v) is 6.94. The second-order valence-electron chi connectivity index (χ2n) is 7.79. The number of anilines is 1. The Morgan fingerprint density at radius 3 is 2.50 bits per heavy atom. The maximum atomic E-state index is 12.5. The van der Waals surface area contributed by atoms with Crippen molar-refractivity contribution >= 4 is 57.4 Å². The van der Waals surface area contributed by atoms with E-state index in [1.54, 1.807) is 24.3 Å². The van der Waals surface area contributed by atoms with Crippen molar-refractivity contribution in [2.45, 2.75) is 26.2 Å². The average molecular weight is 472 g/mol. The average Bonchev–Trinajstić information content (AvgIpc) is 3.22. The highest BCUT2D eigenvalue weighted by atomic mass is 32.1. The van der Waals surface area contributed by atoms with Gasteiger partial charge in [0.1, 0.15) is 11.5 Å². The molecule has 1 aromatic carbocycles. The summed E-state index contributed by atoms with van der Waals surface area (Å²) in [7, 11) is 1.32. The molecule has 1 unspecified atom stereocenters. The molecule has 1 atom stereocenters. The van der Waals surface area contributed by atoms with Gasteiger partial charge in [0.2, 0.25) is 5.91 Å². The van der Waals surface area contributed by atoms with Crippen LogP contribution >= 0.6 is 23.6 Å². The van der Waals surface area contributed by atoms with Gasteiger partial charge in [-0.15, -0.1) is 11.3 Å². The minimum atomic E-state index is -0.619. The van der Waals surface area contributed by atoms with Gasteiger partial charge in [-0.25, -0.2) is 4.79 Å². The third-order valence-electron chi connectivity index (χ3n) is 5.56. The molecule has 10 heteroatoms. The van der Waals surface area contributed by atoms with Crippen LogP contribution in [-0.2, 0) is 22.4 Å². The van der Waals surface area contributed by atoms with Gasteiger partial charge < -0.3 is 15.4 Å². The topological polar surface area (TPSA) is 105 Å². The van der Waals surface area contributed by atoms with Crippen LogP contribution in [0.4, 0.5) is 5.00 Å². The first-order valence-electron chi connectivity index (χ1n) is 10.1. The van der Waals surface area contributed by atoms with E-state index in [0.717, 1.165) is 34.6 Å². The summed E-state index contributed by atoms with van der Waals surface area (Å²) in [5.74, 6) is -1.60. The Kier molecular flexibility index (Phi) is 6.07. The Bertz CT molecular complexity index is 1120. The molecule has 166 valence electrons. The number of methoxy groups -OCH3 is 1. The molecule has 2 aliphatic rings. The number of nitrogens with zero attached hydrogens (tertiary/aromatic N) is 1. The second-order valence-corrected chi connectivity index (χ2v) is 9.31. The number of esters is 1. The van der Waals surface area contributed by atoms with Crippen molar-refractivity contribution in [2.24, 2.45) is 5.92 Å². The van der Waals surface area contributed by atoms with E-state index in [-0.39, 0.29) is 16.2 Å². The summed E-state index contributed by atoms with van der Waals surface area (Å²) in [6, 6.07) is 6.42. The molecule has 0 saturated heterocycles. The lowest BCUT2D eigenvalue weighted by molar-refractivity contribution is -0.120. The summed E-state index contributed by atoms with van der Waals surface area (Å²) in [6.45, 7) is 1.70. The lowest BCUT2D eigenvalue weighted by Crippen LogP contribution is -2.43. The Morgan fingerprint density at radius 2 is 1.88 bits per heavy atom. The number of hydrogen-bond donors (Lipinski definition) is 2. The summed E-state index contributed by atoms with van der Waals surface area (Å²) in [5, 5.41) is 5.90. The van der Waals surface area contributed by atoms with E-state index in [0.29, 0.717) is 16.5 Å². The quantitative estimate of drug-likeness (QED) is 0.401. The summed E-state index contributed by atoms with van der Waals surface area (Å²) in [4.78, 5) is 51.7. The third kappa shape index (κ3) is 4.03. The number of hydrogen-bond acceptors (Lipinski definition) is 7. The number of rotatable bonds is 4. The van der Waals surface area contributed by atoms with Crippen molar-refractivity contribution in [3.8, 4) is 0 Å². The van der Waals surface area contributed by atoms with E-state index in [2.05, 4.69) is 17.6 Å². The van der Waals surface area contributed by atoms with Crippen molar-refractivity contribution in [1.82, 2.24) is 10.2 Å². The molecular weight excluding hydrogens is 450 g/mol. The zero-order chi connectivity index (χ0) is 23.0. The van der Waals surface area contributed by atoms with Gasteiger partial charge in [-0.3, -0.25) is 19.3 Å². The van der Waals surface area contributed by atoms with Crippen molar-refractivity contribution in [2.75, 3.05) is 19.0 Å². The van der Waals surface area contributed by atoms with Crippen LogP contribution in [0.5, 0.6) is 0 Å². The van der Waals surface area contributed by atoms with Gasteiger partial charge in [0.15, 0.2) is 5.11 Å². The van der Waals surface area contributed by atoms with Crippen molar-refractivity contribution < 1.29 is 23.9 Å². The van der Waals surface area contributed by atoms with Crippen LogP contribution in [0.25, 0.3) is 0 Å². The number of imide groups is 1. The number of benzene rings is 1. The second kappa shape index (κ2) is 8.79. The zero-order valence-electron chi connectivity index (χ0n) is 17.5. The van der Waals surface area contributed by atoms with E-state index < -0.39 is 30.2 Å². The number of nitrogens with one attached hydrogen (secondary N) is 2. The maximum Gasteiger partial charge on any atom is 0.341 e. The van der Waals surface area contributed by atoms with Gasteiger partial charge in [0.25, 0.3) is 11.8 Å². The van der Waals surface area contributed by atoms with Gasteiger partial charge in [0, 0.05) is 4.88 Å². The number of carbonyl (C=O) groups is 4. The van der Waals surface area contributed by atoms with E-state index in [9.17, 15) is 19.2 Å². The molecular formula is C22H21N3O5S2. The van der Waals surface area contributed by atoms with Crippen LogP contribution < -0.4 is 10.6 Å². The molecule has 0 saturated carbocycles. The lowest BCUT2D eigenvalue weighted by Gasteiger charge is -2.18. The van der Waals surface area contributed by atoms with Crippen LogP contribution in [0.3, 0.4) is 0 Å². The fourth-order valence-electron chi connectivity index (χ4n) is 3.98. The van der Waals surface area contributed by atoms with E-state index in [1.807, 2.05) is 0 Å². The SMILES string of the molecule is COC(=O)c1c(NC(=S)NC(=O)CN2C(=O)c3ccccc3C2=O)sc2c1CCC(C)C2. The normalized spacial score (nSPS) is 16.9. The highest BCUT2D eigenvalue weighted by molar-refractivity contribution is 7.80. The lowest BCUT2D eigenvalue weighted by atomic mass is 9.88. The van der Waals surface area contributed by atoms with Crippen molar-refractivity contribution in [3.63, 3.8) is 0 Å². The number of fused-ring (bicyclic) bond motifs is 2. The van der Waals surface area contributed by atoms with E-state index >= 15 is 0 Å². The molecule has 8 nitrogen and oxygen atoms in total. The highest BCUT2D eigenvalue weighted by Crippen LogP contribution is 2.40. The minimum absolute atomic E-state index is 0.0246. The molecule has 1 aromatic heterocycles. The Hall–Kier alpha value is -3.11. The molecule has 1 aliphatic heterocycles. The summed E-state index contributed by atoms with van der Waals surface area (Å²) >= 11 is 6.67. The van der Waals surface area contributed by atoms with E-state index in [4.69, 9.17) is 17.0 Å². The minimum Gasteiger partial charge on any atom is -0.465 e. The first-order valence-corrected chi connectivity index (χ1v) is 11.3. The summed E-state index contributed by atoms with van der Waals surface area (Å²) in [5.41, 5.74) is 1.94. The monoisotopic (exact) mass is 471 g/mol. The first-order chi connectivity index (χ1) is 15.3. The number of carbonyl (C=O) groups excluding carboxylic acids is 4. The Morgan fingerprint density at radius 1 is 1.22 bits per heavy atom. The number of ether oxygens (including phenoxy) is 1. The van der Waals surface area contributed by atoms with Crippen LogP contribution in [0.2, 0.25) is 0 Å². The number of thiocarbonyl (C=S) groups is 1. The molecule has 2 aromatic rings. The van der Waals surface area contributed by atoms with Gasteiger partial charge in [-0.2, -0.15) is 0 Å². The molecule has 0 fully saturated rings. The molecule has 2 heterocycles. The number of amides is 3. The Balaban J connectivity index is 1.44. The molecule has 4 rings (SSSR count). The van der Waals surface area contributed by atoms with Crippen molar-refractivity contribution in [3.05, 3.63) is 51.4 Å². The van der Waals surface area contributed by atoms with Gasteiger partial charge in [-0.1, -0.05) is 19.1 Å². The molecule has 0 radical (unpaired) electrons. The van der Waals surface area contributed by atoms with Gasteiger partial charge in [-0.05, 0) is 55.1 Å². The highest BCUT2D eigenvalue weighted by Gasteiger charge is 2.36. The summed E-state index contributed by atoms with van der Waals surface area (Å²) in [6.07, 6.45) is 2.62. The predicted octanol–water partition coefficient (Wildman–Crippen LogP) is 2.77. The molecule has 1 aliphatic carbocycles. The predicted molar refractivity (Wildman–Crippen MR) is 123 cm³/mol. The van der Waals surface area contributed by atoms with Crippen LogP contribution in [-0.4, -0.2) is 47.4 Å². The molecule has 3 amide bonds. The number of thiophene rings is 1. The zero-order valence-corrected chi connectivity index (χ0v) is 19.2. The van der Waals surface area contributed by atoms with Crippen LogP contribution in [0.1, 0.15) is 54.9 Å². The smallest absolute Gasteiger partial charge is 0.341 e. The van der Waals surface area contributed by atoms with Crippen LogP contribution in [0.15, 0.2) is 24.3 Å². The first kappa shape index (κ1) is 22.1.